The number of hydrogen-bond donors (Lipinski definition) is 1. The standard InChI is InChI=1S/C13H18ClN.C2H6/c1-13(2)9-15-8-7-12(13)10-3-5-11(14)6-4-10;1-2/h3-6,12,15H,7-9H2,1-2H3;1-2H3. The van der Waals surface area contributed by atoms with E-state index >= 15 is 0 Å². The molecule has 1 aliphatic rings. The molecule has 1 aromatic rings. The summed E-state index contributed by atoms with van der Waals surface area (Å²) >= 11 is 5.91. The van der Waals surface area contributed by atoms with Crippen LogP contribution >= 0.6 is 11.6 Å². The summed E-state index contributed by atoms with van der Waals surface area (Å²) in [6.07, 6.45) is 1.22. The van der Waals surface area contributed by atoms with Gasteiger partial charge in [0.2, 0.25) is 0 Å². The van der Waals surface area contributed by atoms with Gasteiger partial charge in [0.1, 0.15) is 0 Å². The quantitative estimate of drug-likeness (QED) is 0.779. The van der Waals surface area contributed by atoms with Crippen molar-refractivity contribution >= 4 is 11.6 Å². The predicted octanol–water partition coefficient (Wildman–Crippen LogP) is 4.47. The van der Waals surface area contributed by atoms with Crippen molar-refractivity contribution in [3.8, 4) is 0 Å². The zero-order valence-corrected chi connectivity index (χ0v) is 12.1. The lowest BCUT2D eigenvalue weighted by Gasteiger charge is -2.39. The fourth-order valence-corrected chi connectivity index (χ4v) is 2.61. The van der Waals surface area contributed by atoms with Crippen LogP contribution in [0.15, 0.2) is 24.3 Å². The Morgan fingerprint density at radius 3 is 2.29 bits per heavy atom. The van der Waals surface area contributed by atoms with Gasteiger partial charge in [-0.2, -0.15) is 0 Å². The van der Waals surface area contributed by atoms with Crippen molar-refractivity contribution in [1.82, 2.24) is 5.32 Å². The molecule has 1 aliphatic heterocycles. The Bertz CT molecular complexity index is 329. The predicted molar refractivity (Wildman–Crippen MR) is 76.8 cm³/mol. The molecular weight excluding hydrogens is 230 g/mol. The molecule has 0 spiro atoms. The monoisotopic (exact) mass is 253 g/mol. The molecule has 0 amide bonds. The molecule has 1 heterocycles. The molecule has 2 heteroatoms. The second kappa shape index (κ2) is 6.42. The van der Waals surface area contributed by atoms with Crippen molar-refractivity contribution in [1.29, 1.82) is 0 Å². The van der Waals surface area contributed by atoms with Gasteiger partial charge in [-0.25, -0.2) is 0 Å². The van der Waals surface area contributed by atoms with Gasteiger partial charge in [0.25, 0.3) is 0 Å². The average molecular weight is 254 g/mol. The maximum atomic E-state index is 5.91. The van der Waals surface area contributed by atoms with Gasteiger partial charge in [-0.3, -0.25) is 0 Å². The van der Waals surface area contributed by atoms with Crippen LogP contribution < -0.4 is 5.32 Å². The minimum Gasteiger partial charge on any atom is -0.316 e. The first-order valence-corrected chi connectivity index (χ1v) is 6.93. The number of benzene rings is 1. The van der Waals surface area contributed by atoms with E-state index in [0.29, 0.717) is 11.3 Å². The molecule has 1 aromatic carbocycles. The van der Waals surface area contributed by atoms with Crippen molar-refractivity contribution in [3.05, 3.63) is 34.9 Å². The summed E-state index contributed by atoms with van der Waals surface area (Å²) in [5.74, 6) is 0.649. The maximum absolute atomic E-state index is 5.91. The molecule has 1 fully saturated rings. The van der Waals surface area contributed by atoms with Crippen molar-refractivity contribution in [2.24, 2.45) is 5.41 Å². The number of nitrogens with one attached hydrogen (secondary N) is 1. The third-order valence-corrected chi connectivity index (χ3v) is 3.66. The fourth-order valence-electron chi connectivity index (χ4n) is 2.48. The Morgan fingerprint density at radius 2 is 1.76 bits per heavy atom. The zero-order valence-electron chi connectivity index (χ0n) is 11.4. The molecule has 17 heavy (non-hydrogen) atoms. The van der Waals surface area contributed by atoms with Crippen LogP contribution in [-0.4, -0.2) is 13.1 Å². The minimum atomic E-state index is 0.339. The van der Waals surface area contributed by atoms with E-state index in [-0.39, 0.29) is 0 Å². The van der Waals surface area contributed by atoms with Gasteiger partial charge < -0.3 is 5.32 Å². The van der Waals surface area contributed by atoms with Crippen LogP contribution in [0.4, 0.5) is 0 Å². The van der Waals surface area contributed by atoms with E-state index in [4.69, 9.17) is 11.6 Å². The Hall–Kier alpha value is -0.530. The number of hydrogen-bond acceptors (Lipinski definition) is 1. The van der Waals surface area contributed by atoms with Gasteiger partial charge in [-0.1, -0.05) is 51.4 Å². The van der Waals surface area contributed by atoms with Gasteiger partial charge in [0.05, 0.1) is 0 Å². The van der Waals surface area contributed by atoms with E-state index in [1.165, 1.54) is 12.0 Å². The Morgan fingerprint density at radius 1 is 1.18 bits per heavy atom. The summed E-state index contributed by atoms with van der Waals surface area (Å²) in [6, 6.07) is 8.32. The first kappa shape index (κ1) is 14.5. The zero-order chi connectivity index (χ0) is 12.9. The van der Waals surface area contributed by atoms with E-state index in [1.54, 1.807) is 0 Å². The molecular formula is C15H24ClN. The van der Waals surface area contributed by atoms with Crippen LogP contribution in [0.3, 0.4) is 0 Å². The first-order chi connectivity index (χ1) is 8.09. The molecule has 0 saturated carbocycles. The lowest BCUT2D eigenvalue weighted by molar-refractivity contribution is 0.219. The van der Waals surface area contributed by atoms with Gasteiger partial charge >= 0.3 is 0 Å². The number of piperidine rings is 1. The summed E-state index contributed by atoms with van der Waals surface area (Å²) in [5, 5.41) is 4.28. The van der Waals surface area contributed by atoms with E-state index in [9.17, 15) is 0 Å². The Balaban J connectivity index is 0.000000686. The van der Waals surface area contributed by atoms with Gasteiger partial charge in [-0.15, -0.1) is 0 Å². The summed E-state index contributed by atoms with van der Waals surface area (Å²) in [5.41, 5.74) is 1.76. The normalized spacial score (nSPS) is 22.5. The highest BCUT2D eigenvalue weighted by Crippen LogP contribution is 2.39. The molecule has 1 atom stereocenters. The van der Waals surface area contributed by atoms with E-state index in [2.05, 4.69) is 31.3 Å². The SMILES string of the molecule is CC.CC1(C)CNCCC1c1ccc(Cl)cc1. The van der Waals surface area contributed by atoms with Crippen molar-refractivity contribution in [2.45, 2.75) is 40.0 Å². The number of rotatable bonds is 1. The molecule has 2 rings (SSSR count). The molecule has 1 unspecified atom stereocenters. The average Bonchev–Trinajstić information content (AvgIpc) is 2.33. The fraction of sp³-hybridized carbons (Fsp3) is 0.600. The molecule has 0 aliphatic carbocycles. The van der Waals surface area contributed by atoms with Crippen LogP contribution in [0.2, 0.25) is 5.02 Å². The summed E-state index contributed by atoms with van der Waals surface area (Å²) in [4.78, 5) is 0. The van der Waals surface area contributed by atoms with Crippen LogP contribution in [0.5, 0.6) is 0 Å². The largest absolute Gasteiger partial charge is 0.316 e. The van der Waals surface area contributed by atoms with Crippen molar-refractivity contribution in [2.75, 3.05) is 13.1 Å². The summed E-state index contributed by atoms with van der Waals surface area (Å²) in [7, 11) is 0. The van der Waals surface area contributed by atoms with Crippen molar-refractivity contribution < 1.29 is 0 Å². The highest BCUT2D eigenvalue weighted by Gasteiger charge is 2.32. The van der Waals surface area contributed by atoms with Crippen molar-refractivity contribution in [3.63, 3.8) is 0 Å². The van der Waals surface area contributed by atoms with E-state index in [0.717, 1.165) is 18.1 Å². The molecule has 1 saturated heterocycles. The first-order valence-electron chi connectivity index (χ1n) is 6.56. The molecule has 0 aromatic heterocycles. The Labute approximate surface area is 111 Å². The summed E-state index contributed by atoms with van der Waals surface area (Å²) < 4.78 is 0. The van der Waals surface area contributed by atoms with E-state index in [1.807, 2.05) is 26.0 Å². The van der Waals surface area contributed by atoms with Crippen LogP contribution in [0.25, 0.3) is 0 Å². The highest BCUT2D eigenvalue weighted by atomic mass is 35.5. The molecule has 1 N–H and O–H groups in total. The van der Waals surface area contributed by atoms with Crippen LogP contribution in [0, 0.1) is 5.41 Å². The van der Waals surface area contributed by atoms with Crippen LogP contribution in [0.1, 0.15) is 45.6 Å². The second-order valence-electron chi connectivity index (χ2n) is 5.06. The van der Waals surface area contributed by atoms with Gasteiger partial charge in [0.15, 0.2) is 0 Å². The lowest BCUT2D eigenvalue weighted by atomic mass is 9.71. The smallest absolute Gasteiger partial charge is 0.0406 e. The van der Waals surface area contributed by atoms with Crippen LogP contribution in [-0.2, 0) is 0 Å². The number of halogens is 1. The van der Waals surface area contributed by atoms with Gasteiger partial charge in [-0.05, 0) is 42.0 Å². The lowest BCUT2D eigenvalue weighted by Crippen LogP contribution is -2.41. The molecule has 0 radical (unpaired) electrons. The maximum Gasteiger partial charge on any atom is 0.0406 e. The third-order valence-electron chi connectivity index (χ3n) is 3.41. The molecule has 1 nitrogen and oxygen atoms in total. The highest BCUT2D eigenvalue weighted by molar-refractivity contribution is 6.30. The topological polar surface area (TPSA) is 12.0 Å². The summed E-state index contributed by atoms with van der Waals surface area (Å²) in [6.45, 7) is 10.9. The third kappa shape index (κ3) is 3.72. The molecule has 0 bridgehead atoms. The minimum absolute atomic E-state index is 0.339. The Kier molecular flexibility index (Phi) is 5.48. The van der Waals surface area contributed by atoms with E-state index < -0.39 is 0 Å². The molecule has 96 valence electrons. The van der Waals surface area contributed by atoms with Gasteiger partial charge in [0, 0.05) is 11.6 Å². The second-order valence-corrected chi connectivity index (χ2v) is 5.49.